The Kier molecular flexibility index (Phi) is 14.6. The van der Waals surface area contributed by atoms with Gasteiger partial charge in [0.1, 0.15) is 0 Å². The van der Waals surface area contributed by atoms with Crippen molar-refractivity contribution in [1.29, 1.82) is 0 Å². The standard InChI is InChI=1S/C14H25N.C2H6.2H2/c1-6-7-10-15(5)11-8-9-14(4)12-13(2)3;1-2;;/h1,13H,4,7-12H2,2-3,5H3;1-2H3;2*1H. The first-order chi connectivity index (χ1) is 8.06. The summed E-state index contributed by atoms with van der Waals surface area (Å²) in [5.74, 6) is 3.40. The fourth-order valence-electron chi connectivity index (χ4n) is 1.65. The average Bonchev–Trinajstić information content (AvgIpc) is 2.28. The van der Waals surface area contributed by atoms with Gasteiger partial charge in [0.25, 0.3) is 0 Å². The molecule has 0 heterocycles. The molecule has 0 aromatic heterocycles. The van der Waals surface area contributed by atoms with Gasteiger partial charge in [-0.3, -0.25) is 0 Å². The van der Waals surface area contributed by atoms with E-state index in [1.54, 1.807) is 0 Å². The molecule has 0 saturated heterocycles. The highest BCUT2D eigenvalue weighted by atomic mass is 15.1. The highest BCUT2D eigenvalue weighted by molar-refractivity contribution is 4.94. The van der Waals surface area contributed by atoms with Gasteiger partial charge in [-0.05, 0) is 38.8 Å². The SMILES string of the molecule is C#CCCN(C)CCCC(=C)CC(C)C.CC.[HH].[HH]. The summed E-state index contributed by atoms with van der Waals surface area (Å²) in [7, 11) is 2.13. The zero-order valence-electron chi connectivity index (χ0n) is 12.6. The third kappa shape index (κ3) is 15.3. The molecule has 0 spiro atoms. The van der Waals surface area contributed by atoms with Crippen molar-refractivity contribution >= 4 is 0 Å². The summed E-state index contributed by atoms with van der Waals surface area (Å²) in [5, 5.41) is 0. The van der Waals surface area contributed by atoms with Gasteiger partial charge in [-0.25, -0.2) is 0 Å². The molecule has 0 aromatic rings. The molecule has 0 saturated carbocycles. The predicted molar refractivity (Wildman–Crippen MR) is 84.4 cm³/mol. The molecule has 17 heavy (non-hydrogen) atoms. The summed E-state index contributed by atoms with van der Waals surface area (Å²) in [4.78, 5) is 2.29. The summed E-state index contributed by atoms with van der Waals surface area (Å²) >= 11 is 0. The molecule has 1 nitrogen and oxygen atoms in total. The number of hydrogen-bond acceptors (Lipinski definition) is 1. The number of hydrogen-bond donors (Lipinski definition) is 0. The van der Waals surface area contributed by atoms with E-state index < -0.39 is 0 Å². The van der Waals surface area contributed by atoms with Gasteiger partial charge >= 0.3 is 0 Å². The fraction of sp³-hybridized carbons (Fsp3) is 0.750. The van der Waals surface area contributed by atoms with Gasteiger partial charge < -0.3 is 4.90 Å². The smallest absolute Gasteiger partial charge is 0.0214 e. The molecule has 0 N–H and O–H groups in total. The van der Waals surface area contributed by atoms with Crippen molar-refractivity contribution in [2.24, 2.45) is 5.92 Å². The fourth-order valence-corrected chi connectivity index (χ4v) is 1.65. The van der Waals surface area contributed by atoms with Crippen LogP contribution in [0.2, 0.25) is 0 Å². The van der Waals surface area contributed by atoms with Gasteiger partial charge in [-0.15, -0.1) is 12.3 Å². The second-order valence-electron chi connectivity index (χ2n) is 4.71. The molecule has 104 valence electrons. The maximum atomic E-state index is 5.22. The van der Waals surface area contributed by atoms with Crippen LogP contribution in [-0.2, 0) is 0 Å². The molecule has 0 aliphatic heterocycles. The minimum Gasteiger partial charge on any atom is -0.305 e. The second-order valence-corrected chi connectivity index (χ2v) is 4.71. The molecule has 1 heteroatoms. The van der Waals surface area contributed by atoms with E-state index in [-0.39, 0.29) is 2.85 Å². The largest absolute Gasteiger partial charge is 0.305 e. The Labute approximate surface area is 112 Å². The molecule has 0 aliphatic rings. The normalized spacial score (nSPS) is 9.76. The van der Waals surface area contributed by atoms with E-state index in [0.717, 1.165) is 38.3 Å². The van der Waals surface area contributed by atoms with Gasteiger partial charge in [0, 0.05) is 15.8 Å². The van der Waals surface area contributed by atoms with Crippen molar-refractivity contribution in [3.8, 4) is 12.3 Å². The van der Waals surface area contributed by atoms with E-state index in [1.165, 1.54) is 12.0 Å². The van der Waals surface area contributed by atoms with Crippen LogP contribution in [0.3, 0.4) is 0 Å². The van der Waals surface area contributed by atoms with Crippen LogP contribution >= 0.6 is 0 Å². The Hall–Kier alpha value is -0.740. The minimum absolute atomic E-state index is 0. The molecule has 0 rings (SSSR count). The molecule has 0 bridgehead atoms. The molecule has 0 aliphatic carbocycles. The van der Waals surface area contributed by atoms with Gasteiger partial charge in [0.15, 0.2) is 0 Å². The second kappa shape index (κ2) is 13.3. The number of rotatable bonds is 8. The minimum atomic E-state index is 0. The Morgan fingerprint density at radius 1 is 1.35 bits per heavy atom. The van der Waals surface area contributed by atoms with Crippen molar-refractivity contribution in [3.05, 3.63) is 12.2 Å². The first kappa shape index (κ1) is 18.6. The zero-order chi connectivity index (χ0) is 13.7. The van der Waals surface area contributed by atoms with E-state index in [0.29, 0.717) is 0 Å². The highest BCUT2D eigenvalue weighted by Gasteiger charge is 2.01. The van der Waals surface area contributed by atoms with Crippen LogP contribution in [0.4, 0.5) is 0 Å². The first-order valence-corrected chi connectivity index (χ1v) is 6.85. The van der Waals surface area contributed by atoms with Crippen LogP contribution in [0.15, 0.2) is 12.2 Å². The molecular weight excluding hydrogens is 206 g/mol. The lowest BCUT2D eigenvalue weighted by atomic mass is 10.0. The lowest BCUT2D eigenvalue weighted by molar-refractivity contribution is 0.336. The quantitative estimate of drug-likeness (QED) is 0.434. The van der Waals surface area contributed by atoms with Crippen molar-refractivity contribution in [3.63, 3.8) is 0 Å². The first-order valence-electron chi connectivity index (χ1n) is 6.85. The van der Waals surface area contributed by atoms with Gasteiger partial charge in [-0.2, -0.15) is 0 Å². The topological polar surface area (TPSA) is 3.24 Å². The van der Waals surface area contributed by atoms with E-state index in [4.69, 9.17) is 6.42 Å². The van der Waals surface area contributed by atoms with E-state index >= 15 is 0 Å². The lowest BCUT2D eigenvalue weighted by Crippen LogP contribution is -2.20. The van der Waals surface area contributed by atoms with Crippen LogP contribution in [0, 0.1) is 18.3 Å². The molecule has 0 aromatic carbocycles. The van der Waals surface area contributed by atoms with Gasteiger partial charge in [0.05, 0.1) is 0 Å². The Morgan fingerprint density at radius 3 is 2.41 bits per heavy atom. The number of nitrogens with zero attached hydrogens (tertiary/aromatic N) is 1. The third-order valence-corrected chi connectivity index (χ3v) is 2.40. The highest BCUT2D eigenvalue weighted by Crippen LogP contribution is 2.13. The van der Waals surface area contributed by atoms with Crippen LogP contribution < -0.4 is 0 Å². The van der Waals surface area contributed by atoms with Crippen molar-refractivity contribution in [2.45, 2.75) is 53.4 Å². The lowest BCUT2D eigenvalue weighted by Gasteiger charge is -2.15. The maximum Gasteiger partial charge on any atom is 0.0214 e. The predicted octanol–water partition coefficient (Wildman–Crippen LogP) is 4.84. The number of allylic oxidation sites excluding steroid dienone is 1. The summed E-state index contributed by atoms with van der Waals surface area (Å²) in [6.45, 7) is 14.7. The van der Waals surface area contributed by atoms with Crippen LogP contribution in [0.5, 0.6) is 0 Å². The van der Waals surface area contributed by atoms with E-state index in [9.17, 15) is 0 Å². The van der Waals surface area contributed by atoms with Gasteiger partial charge in [0.2, 0.25) is 0 Å². The van der Waals surface area contributed by atoms with Crippen LogP contribution in [-0.4, -0.2) is 25.0 Å². The number of terminal acetylenes is 1. The summed E-state index contributed by atoms with van der Waals surface area (Å²) in [6.07, 6.45) is 9.58. The third-order valence-electron chi connectivity index (χ3n) is 2.40. The van der Waals surface area contributed by atoms with E-state index in [2.05, 4.69) is 38.3 Å². The summed E-state index contributed by atoms with van der Waals surface area (Å²) < 4.78 is 0. The average molecular weight is 241 g/mol. The molecular formula is C16H35N. The molecule has 0 amide bonds. The zero-order valence-corrected chi connectivity index (χ0v) is 12.6. The van der Waals surface area contributed by atoms with Gasteiger partial charge in [-0.1, -0.05) is 39.8 Å². The van der Waals surface area contributed by atoms with Crippen LogP contribution in [0.25, 0.3) is 0 Å². The van der Waals surface area contributed by atoms with E-state index in [1.807, 2.05) is 13.8 Å². The Balaban J connectivity index is -0.000000267. The summed E-state index contributed by atoms with van der Waals surface area (Å²) in [5.41, 5.74) is 1.38. The van der Waals surface area contributed by atoms with Crippen molar-refractivity contribution < 1.29 is 2.85 Å². The molecule has 0 atom stereocenters. The Bertz CT molecular complexity index is 219. The van der Waals surface area contributed by atoms with Crippen molar-refractivity contribution in [2.75, 3.05) is 20.1 Å². The monoisotopic (exact) mass is 241 g/mol. The summed E-state index contributed by atoms with van der Waals surface area (Å²) in [6, 6.07) is 0. The van der Waals surface area contributed by atoms with Crippen molar-refractivity contribution in [1.82, 2.24) is 4.90 Å². The Morgan fingerprint density at radius 2 is 1.94 bits per heavy atom. The molecule has 0 radical (unpaired) electrons. The molecule has 0 unspecified atom stereocenters. The van der Waals surface area contributed by atoms with Crippen LogP contribution in [0.1, 0.15) is 56.2 Å². The maximum absolute atomic E-state index is 5.22. The molecule has 0 fully saturated rings.